The monoisotopic (exact) mass is 374 g/mol. The lowest BCUT2D eigenvalue weighted by atomic mass is 9.95. The molecule has 28 heavy (non-hydrogen) atoms. The van der Waals surface area contributed by atoms with Gasteiger partial charge in [0.15, 0.2) is 0 Å². The molecule has 0 saturated carbocycles. The molecule has 142 valence electrons. The Morgan fingerprint density at radius 3 is 2.79 bits per heavy atom. The average molecular weight is 374 g/mol. The lowest BCUT2D eigenvalue weighted by Crippen LogP contribution is -2.26. The zero-order valence-corrected chi connectivity index (χ0v) is 16.0. The van der Waals surface area contributed by atoms with Crippen molar-refractivity contribution in [2.45, 2.75) is 20.4 Å². The van der Waals surface area contributed by atoms with Gasteiger partial charge in [-0.3, -0.25) is 9.59 Å². The van der Waals surface area contributed by atoms with Crippen molar-refractivity contribution in [3.63, 3.8) is 0 Å². The summed E-state index contributed by atoms with van der Waals surface area (Å²) in [5.41, 5.74) is 10.6. The fourth-order valence-electron chi connectivity index (χ4n) is 3.22. The van der Waals surface area contributed by atoms with Crippen LogP contribution in [0.15, 0.2) is 48.6 Å². The van der Waals surface area contributed by atoms with Crippen LogP contribution in [-0.4, -0.2) is 23.3 Å². The smallest absolute Gasteiger partial charge is 0.256 e. The highest BCUT2D eigenvalue weighted by Gasteiger charge is 2.32. The standard InChI is InChI=1S/C22H22N4O2/c1-13(2)21(27)25-16-6-4-5-15(9-16)17-7-8-19(24)20-18(17)12-26(22(20)28)11-14(3)10-23/h4-9,13H,3,11-12,24H2,1-2H3,(H,25,27). The number of hydrogen-bond donors (Lipinski definition) is 2. The molecule has 1 aliphatic heterocycles. The lowest BCUT2D eigenvalue weighted by molar-refractivity contribution is -0.118. The van der Waals surface area contributed by atoms with Gasteiger partial charge in [-0.15, -0.1) is 0 Å². The van der Waals surface area contributed by atoms with Crippen LogP contribution in [0.4, 0.5) is 11.4 Å². The van der Waals surface area contributed by atoms with Gasteiger partial charge in [-0.2, -0.15) is 5.26 Å². The summed E-state index contributed by atoms with van der Waals surface area (Å²) in [6.07, 6.45) is 0. The Kier molecular flexibility index (Phi) is 5.18. The molecule has 3 rings (SSSR count). The van der Waals surface area contributed by atoms with Gasteiger partial charge in [0.2, 0.25) is 5.91 Å². The maximum Gasteiger partial charge on any atom is 0.256 e. The van der Waals surface area contributed by atoms with E-state index >= 15 is 0 Å². The first-order valence-corrected chi connectivity index (χ1v) is 9.01. The van der Waals surface area contributed by atoms with Crippen LogP contribution in [0.2, 0.25) is 0 Å². The van der Waals surface area contributed by atoms with Gasteiger partial charge in [0, 0.05) is 29.4 Å². The highest BCUT2D eigenvalue weighted by molar-refractivity contribution is 6.05. The summed E-state index contributed by atoms with van der Waals surface area (Å²) in [6, 6.07) is 13.1. The Balaban J connectivity index is 1.99. The van der Waals surface area contributed by atoms with Crippen molar-refractivity contribution in [1.82, 2.24) is 4.90 Å². The SMILES string of the molecule is C=C(C#N)CN1Cc2c(-c3cccc(NC(=O)C(C)C)c3)ccc(N)c2C1=O. The summed E-state index contributed by atoms with van der Waals surface area (Å²) >= 11 is 0. The first-order valence-electron chi connectivity index (χ1n) is 9.01. The third-order valence-corrected chi connectivity index (χ3v) is 4.70. The first-order chi connectivity index (χ1) is 13.3. The van der Waals surface area contributed by atoms with E-state index in [1.165, 1.54) is 0 Å². The third kappa shape index (κ3) is 3.60. The quantitative estimate of drug-likeness (QED) is 0.617. The van der Waals surface area contributed by atoms with Crippen molar-refractivity contribution in [2.75, 3.05) is 17.6 Å². The van der Waals surface area contributed by atoms with Crippen LogP contribution >= 0.6 is 0 Å². The van der Waals surface area contributed by atoms with E-state index in [1.54, 1.807) is 11.0 Å². The number of nitrogens with two attached hydrogens (primary N) is 1. The predicted molar refractivity (Wildman–Crippen MR) is 109 cm³/mol. The van der Waals surface area contributed by atoms with Crippen LogP contribution in [0.3, 0.4) is 0 Å². The van der Waals surface area contributed by atoms with Crippen molar-refractivity contribution >= 4 is 23.2 Å². The number of benzene rings is 2. The van der Waals surface area contributed by atoms with Gasteiger partial charge in [0.1, 0.15) is 0 Å². The van der Waals surface area contributed by atoms with Gasteiger partial charge in [-0.05, 0) is 34.9 Å². The lowest BCUT2D eigenvalue weighted by Gasteiger charge is -2.14. The Morgan fingerprint density at radius 1 is 1.36 bits per heavy atom. The number of fused-ring (bicyclic) bond motifs is 1. The maximum absolute atomic E-state index is 12.8. The fourth-order valence-corrected chi connectivity index (χ4v) is 3.22. The van der Waals surface area contributed by atoms with Crippen LogP contribution in [-0.2, 0) is 11.3 Å². The summed E-state index contributed by atoms with van der Waals surface area (Å²) in [7, 11) is 0. The van der Waals surface area contributed by atoms with Crippen LogP contribution in [0, 0.1) is 17.2 Å². The minimum absolute atomic E-state index is 0.0592. The Bertz CT molecular complexity index is 1020. The summed E-state index contributed by atoms with van der Waals surface area (Å²) in [5, 5.41) is 11.9. The summed E-state index contributed by atoms with van der Waals surface area (Å²) in [6.45, 7) is 7.87. The minimum atomic E-state index is -0.199. The van der Waals surface area contributed by atoms with Crippen molar-refractivity contribution < 1.29 is 9.59 Å². The first kappa shape index (κ1) is 19.2. The van der Waals surface area contributed by atoms with E-state index < -0.39 is 0 Å². The largest absolute Gasteiger partial charge is 0.398 e. The zero-order chi connectivity index (χ0) is 20.4. The number of nitrogen functional groups attached to an aromatic ring is 1. The maximum atomic E-state index is 12.8. The Hall–Kier alpha value is -3.59. The second kappa shape index (κ2) is 7.57. The van der Waals surface area contributed by atoms with Gasteiger partial charge in [-0.1, -0.05) is 38.6 Å². The molecule has 3 N–H and O–H groups in total. The second-order valence-electron chi connectivity index (χ2n) is 7.16. The number of nitriles is 1. The Labute approximate surface area is 164 Å². The number of nitrogens with zero attached hydrogens (tertiary/aromatic N) is 2. The normalized spacial score (nSPS) is 12.6. The van der Waals surface area contributed by atoms with E-state index in [2.05, 4.69) is 11.9 Å². The van der Waals surface area contributed by atoms with Crippen molar-refractivity contribution in [2.24, 2.45) is 5.92 Å². The third-order valence-electron chi connectivity index (χ3n) is 4.70. The van der Waals surface area contributed by atoms with Crippen molar-refractivity contribution in [3.8, 4) is 17.2 Å². The molecule has 0 atom stereocenters. The highest BCUT2D eigenvalue weighted by Crippen LogP contribution is 2.37. The van der Waals surface area contributed by atoms with Gasteiger partial charge >= 0.3 is 0 Å². The average Bonchev–Trinajstić information content (AvgIpc) is 2.99. The minimum Gasteiger partial charge on any atom is -0.398 e. The summed E-state index contributed by atoms with van der Waals surface area (Å²) in [5.74, 6) is -0.380. The molecule has 0 bridgehead atoms. The molecule has 0 spiro atoms. The van der Waals surface area contributed by atoms with Gasteiger partial charge in [-0.25, -0.2) is 0 Å². The van der Waals surface area contributed by atoms with Crippen molar-refractivity contribution in [3.05, 3.63) is 59.7 Å². The van der Waals surface area contributed by atoms with Gasteiger partial charge in [0.05, 0.1) is 18.2 Å². The van der Waals surface area contributed by atoms with Crippen LogP contribution < -0.4 is 11.1 Å². The van der Waals surface area contributed by atoms with Crippen LogP contribution in [0.1, 0.15) is 29.8 Å². The zero-order valence-electron chi connectivity index (χ0n) is 16.0. The van der Waals surface area contributed by atoms with Gasteiger partial charge < -0.3 is 16.0 Å². The highest BCUT2D eigenvalue weighted by atomic mass is 16.2. The van der Waals surface area contributed by atoms with E-state index in [1.807, 2.05) is 50.2 Å². The van der Waals surface area contributed by atoms with E-state index in [-0.39, 0.29) is 24.3 Å². The van der Waals surface area contributed by atoms with Crippen molar-refractivity contribution in [1.29, 1.82) is 5.26 Å². The summed E-state index contributed by atoms with van der Waals surface area (Å²) in [4.78, 5) is 26.3. The molecule has 2 aromatic rings. The molecule has 0 aliphatic carbocycles. The molecule has 0 fully saturated rings. The summed E-state index contributed by atoms with van der Waals surface area (Å²) < 4.78 is 0. The number of amides is 2. The number of nitrogens with one attached hydrogen (secondary N) is 1. The molecular weight excluding hydrogens is 352 g/mol. The molecule has 0 saturated heterocycles. The predicted octanol–water partition coefficient (Wildman–Crippen LogP) is 3.57. The molecule has 0 aromatic heterocycles. The number of rotatable bonds is 5. The molecule has 0 unspecified atom stereocenters. The number of carbonyl (C=O) groups excluding carboxylic acids is 2. The number of hydrogen-bond acceptors (Lipinski definition) is 4. The number of carbonyl (C=O) groups is 2. The number of anilines is 2. The Morgan fingerprint density at radius 2 is 2.11 bits per heavy atom. The van der Waals surface area contributed by atoms with Gasteiger partial charge in [0.25, 0.3) is 5.91 Å². The van der Waals surface area contributed by atoms with E-state index in [0.29, 0.717) is 29.1 Å². The second-order valence-corrected chi connectivity index (χ2v) is 7.16. The topological polar surface area (TPSA) is 99.2 Å². The van der Waals surface area contributed by atoms with E-state index in [4.69, 9.17) is 11.0 Å². The fraction of sp³-hybridized carbons (Fsp3) is 0.227. The van der Waals surface area contributed by atoms with Crippen LogP contribution in [0.5, 0.6) is 0 Å². The molecule has 6 nitrogen and oxygen atoms in total. The molecular formula is C22H22N4O2. The van der Waals surface area contributed by atoms with Crippen LogP contribution in [0.25, 0.3) is 11.1 Å². The van der Waals surface area contributed by atoms with E-state index in [9.17, 15) is 9.59 Å². The molecule has 2 amide bonds. The molecule has 1 aliphatic rings. The molecule has 6 heteroatoms. The molecule has 1 heterocycles. The molecule has 2 aromatic carbocycles. The van der Waals surface area contributed by atoms with E-state index in [0.717, 1.165) is 16.7 Å². The molecule has 0 radical (unpaired) electrons.